The number of pyridine rings is 2. The summed E-state index contributed by atoms with van der Waals surface area (Å²) < 4.78 is 31.8. The Bertz CT molecular complexity index is 1170. The molecule has 5 rings (SSSR count). The van der Waals surface area contributed by atoms with Crippen molar-refractivity contribution >= 4 is 21.8 Å². The molecule has 0 bridgehead atoms. The van der Waals surface area contributed by atoms with Gasteiger partial charge in [-0.25, -0.2) is 8.78 Å². The molecule has 3 aromatic heterocycles. The molecule has 0 unspecified atom stereocenters. The maximum Gasteiger partial charge on any atom is 0.169 e. The molecule has 3 nitrogen and oxygen atoms in total. The number of aryl methyl sites for hydroxylation is 2. The first kappa shape index (κ1) is 17.3. The van der Waals surface area contributed by atoms with Gasteiger partial charge in [-0.1, -0.05) is 25.3 Å². The lowest BCUT2D eigenvalue weighted by atomic mass is 9.82. The highest BCUT2D eigenvalue weighted by molar-refractivity contribution is 6.09. The molecule has 1 aliphatic rings. The second-order valence-corrected chi connectivity index (χ2v) is 7.77. The first-order valence-corrected chi connectivity index (χ1v) is 9.79. The van der Waals surface area contributed by atoms with Crippen LogP contribution in [0.5, 0.6) is 0 Å². The fraction of sp³-hybridized carbons (Fsp3) is 0.304. The number of hydrogen-bond donors (Lipinski definition) is 0. The van der Waals surface area contributed by atoms with Crippen molar-refractivity contribution in [1.29, 1.82) is 0 Å². The number of halogens is 2. The van der Waals surface area contributed by atoms with Crippen molar-refractivity contribution < 1.29 is 8.78 Å². The summed E-state index contributed by atoms with van der Waals surface area (Å²) in [7, 11) is 1.85. The van der Waals surface area contributed by atoms with E-state index in [-0.39, 0.29) is 10.9 Å². The predicted octanol–water partition coefficient (Wildman–Crippen LogP) is 5.80. The minimum absolute atomic E-state index is 0.238. The van der Waals surface area contributed by atoms with Crippen molar-refractivity contribution in [2.75, 3.05) is 0 Å². The quantitative estimate of drug-likeness (QED) is 0.450. The molecule has 0 aliphatic heterocycles. The molecule has 1 saturated carbocycles. The third-order valence-electron chi connectivity index (χ3n) is 6.15. The SMILES string of the molecule is Cn1c2ccncc2c2c(F)c(F)c(-c3ccc(CCC4CCC4)nc3)cc21. The molecular weight excluding hydrogens is 356 g/mol. The van der Waals surface area contributed by atoms with E-state index in [1.54, 1.807) is 24.7 Å². The van der Waals surface area contributed by atoms with Gasteiger partial charge >= 0.3 is 0 Å². The van der Waals surface area contributed by atoms with Gasteiger partial charge in [-0.2, -0.15) is 0 Å². The molecule has 0 saturated heterocycles. The number of hydrogen-bond acceptors (Lipinski definition) is 2. The third kappa shape index (κ3) is 2.68. The molecule has 3 heterocycles. The molecule has 5 heteroatoms. The molecule has 28 heavy (non-hydrogen) atoms. The van der Waals surface area contributed by atoms with Crippen molar-refractivity contribution in [1.82, 2.24) is 14.5 Å². The van der Waals surface area contributed by atoms with Gasteiger partial charge in [-0.05, 0) is 37.0 Å². The van der Waals surface area contributed by atoms with E-state index in [1.165, 1.54) is 19.3 Å². The van der Waals surface area contributed by atoms with Gasteiger partial charge in [0.25, 0.3) is 0 Å². The summed E-state index contributed by atoms with van der Waals surface area (Å²) in [5.74, 6) is -0.843. The molecule has 1 fully saturated rings. The first-order valence-electron chi connectivity index (χ1n) is 9.79. The number of rotatable bonds is 4. The van der Waals surface area contributed by atoms with Gasteiger partial charge < -0.3 is 4.57 Å². The summed E-state index contributed by atoms with van der Waals surface area (Å²) in [6.07, 6.45) is 11.0. The van der Waals surface area contributed by atoms with Crippen molar-refractivity contribution in [3.05, 3.63) is 60.2 Å². The fourth-order valence-corrected chi connectivity index (χ4v) is 4.21. The smallest absolute Gasteiger partial charge is 0.169 e. The van der Waals surface area contributed by atoms with Crippen LogP contribution in [0.2, 0.25) is 0 Å². The summed E-state index contributed by atoms with van der Waals surface area (Å²) in [6.45, 7) is 0. The Morgan fingerprint density at radius 1 is 1.07 bits per heavy atom. The van der Waals surface area contributed by atoms with E-state index in [2.05, 4.69) is 9.97 Å². The lowest BCUT2D eigenvalue weighted by Gasteiger charge is -2.24. The zero-order chi connectivity index (χ0) is 19.3. The Morgan fingerprint density at radius 2 is 1.93 bits per heavy atom. The Kier molecular flexibility index (Phi) is 4.11. The predicted molar refractivity (Wildman–Crippen MR) is 107 cm³/mol. The largest absolute Gasteiger partial charge is 0.343 e. The lowest BCUT2D eigenvalue weighted by Crippen LogP contribution is -2.11. The summed E-state index contributed by atoms with van der Waals surface area (Å²) >= 11 is 0. The lowest BCUT2D eigenvalue weighted by molar-refractivity contribution is 0.295. The topological polar surface area (TPSA) is 30.7 Å². The standard InChI is InChI=1S/C23H21F2N3/c1-28-19-9-10-26-13-18(19)21-20(28)11-17(22(24)23(21)25)15-6-8-16(27-12-15)7-5-14-3-2-4-14/h6,8-14H,2-5,7H2,1H3. The molecule has 0 atom stereocenters. The third-order valence-corrected chi connectivity index (χ3v) is 6.15. The average Bonchev–Trinajstić information content (AvgIpc) is 2.97. The van der Waals surface area contributed by atoms with Crippen LogP contribution in [0.3, 0.4) is 0 Å². The Hall–Kier alpha value is -2.82. The molecule has 0 radical (unpaired) electrons. The summed E-state index contributed by atoms with van der Waals surface area (Å²) in [4.78, 5) is 8.56. The monoisotopic (exact) mass is 377 g/mol. The fourth-order valence-electron chi connectivity index (χ4n) is 4.21. The van der Waals surface area contributed by atoms with Crippen molar-refractivity contribution in [3.63, 3.8) is 0 Å². The zero-order valence-electron chi connectivity index (χ0n) is 15.8. The summed E-state index contributed by atoms with van der Waals surface area (Å²) in [6, 6.07) is 7.29. The van der Waals surface area contributed by atoms with E-state index in [0.29, 0.717) is 16.5 Å². The number of aromatic nitrogens is 3. The van der Waals surface area contributed by atoms with E-state index in [0.717, 1.165) is 30.0 Å². The highest BCUT2D eigenvalue weighted by Crippen LogP contribution is 2.36. The van der Waals surface area contributed by atoms with Gasteiger partial charge in [0.1, 0.15) is 0 Å². The van der Waals surface area contributed by atoms with Crippen LogP contribution in [0.4, 0.5) is 8.78 Å². The normalized spacial score (nSPS) is 14.7. The van der Waals surface area contributed by atoms with Crippen molar-refractivity contribution in [3.8, 4) is 11.1 Å². The average molecular weight is 377 g/mol. The molecule has 1 aromatic carbocycles. The van der Waals surface area contributed by atoms with Gasteiger partial charge in [-0.15, -0.1) is 0 Å². The van der Waals surface area contributed by atoms with Crippen LogP contribution in [0, 0.1) is 17.6 Å². The second-order valence-electron chi connectivity index (χ2n) is 7.77. The van der Waals surface area contributed by atoms with Gasteiger partial charge in [0, 0.05) is 53.2 Å². The minimum atomic E-state index is -0.840. The maximum absolute atomic E-state index is 15.0. The zero-order valence-corrected chi connectivity index (χ0v) is 15.8. The Labute approximate surface area is 162 Å². The van der Waals surface area contributed by atoms with E-state index in [1.807, 2.05) is 29.8 Å². The van der Waals surface area contributed by atoms with Crippen molar-refractivity contribution in [2.24, 2.45) is 13.0 Å². The molecule has 0 amide bonds. The minimum Gasteiger partial charge on any atom is -0.343 e. The van der Waals surface area contributed by atoms with E-state index < -0.39 is 11.6 Å². The van der Waals surface area contributed by atoms with Crippen molar-refractivity contribution in [2.45, 2.75) is 32.1 Å². The van der Waals surface area contributed by atoms with E-state index >= 15 is 0 Å². The maximum atomic E-state index is 15.0. The Morgan fingerprint density at radius 3 is 2.64 bits per heavy atom. The number of fused-ring (bicyclic) bond motifs is 3. The highest BCUT2D eigenvalue weighted by Gasteiger charge is 2.21. The molecular formula is C23H21F2N3. The van der Waals surface area contributed by atoms with Crippen LogP contribution in [0.1, 0.15) is 31.4 Å². The van der Waals surface area contributed by atoms with Gasteiger partial charge in [0.05, 0.1) is 11.0 Å². The highest BCUT2D eigenvalue weighted by atomic mass is 19.2. The molecule has 1 aliphatic carbocycles. The molecule has 142 valence electrons. The summed E-state index contributed by atoms with van der Waals surface area (Å²) in [5, 5.41) is 0.893. The molecule has 0 spiro atoms. The van der Waals surface area contributed by atoms with Gasteiger partial charge in [-0.3, -0.25) is 9.97 Å². The number of nitrogens with zero attached hydrogens (tertiary/aromatic N) is 3. The van der Waals surface area contributed by atoms with Gasteiger partial charge in [0.2, 0.25) is 0 Å². The molecule has 0 N–H and O–H groups in total. The van der Waals surface area contributed by atoms with Crippen LogP contribution in [-0.4, -0.2) is 14.5 Å². The first-order chi connectivity index (χ1) is 13.6. The summed E-state index contributed by atoms with van der Waals surface area (Å²) in [5.41, 5.74) is 3.31. The van der Waals surface area contributed by atoms with Crippen LogP contribution in [0.25, 0.3) is 32.9 Å². The van der Waals surface area contributed by atoms with Crippen LogP contribution in [-0.2, 0) is 13.5 Å². The van der Waals surface area contributed by atoms with Crippen LogP contribution < -0.4 is 0 Å². The molecule has 4 aromatic rings. The number of benzene rings is 1. The Balaban J connectivity index is 1.56. The van der Waals surface area contributed by atoms with Gasteiger partial charge in [0.15, 0.2) is 11.6 Å². The second kappa shape index (κ2) is 6.66. The van der Waals surface area contributed by atoms with E-state index in [4.69, 9.17) is 0 Å². The van der Waals surface area contributed by atoms with E-state index in [9.17, 15) is 8.78 Å². The van der Waals surface area contributed by atoms with Crippen LogP contribution in [0.15, 0.2) is 42.9 Å². The van der Waals surface area contributed by atoms with Crippen LogP contribution >= 0.6 is 0 Å².